The molecular weight excluding hydrogens is 358 g/mol. The van der Waals surface area contributed by atoms with Crippen LogP contribution >= 0.6 is 11.8 Å². The van der Waals surface area contributed by atoms with E-state index in [1.54, 1.807) is 0 Å². The van der Waals surface area contributed by atoms with Crippen LogP contribution in [0.3, 0.4) is 0 Å². The Bertz CT molecular complexity index is 573. The third kappa shape index (κ3) is 9.94. The molecule has 0 aliphatic rings. The molecule has 2 unspecified atom stereocenters. The topological polar surface area (TPSA) is 84.2 Å². The van der Waals surface area contributed by atoms with Gasteiger partial charge in [-0.25, -0.2) is 0 Å². The number of Topliss-reactive ketones (excluding diaryl/α,β-unsaturated/α-hetero) is 1. The number of nitrogens with two attached hydrogens (primary N) is 1. The van der Waals surface area contributed by atoms with E-state index in [2.05, 4.69) is 10.6 Å². The minimum Gasteiger partial charge on any atom is -0.345 e. The van der Waals surface area contributed by atoms with Gasteiger partial charge in [-0.2, -0.15) is 11.8 Å². The van der Waals surface area contributed by atoms with E-state index in [1.807, 2.05) is 57.4 Å². The molecule has 6 heteroatoms. The molecule has 0 radical (unpaired) electrons. The molecule has 1 amide bonds. The summed E-state index contributed by atoms with van der Waals surface area (Å²) in [5.41, 5.74) is 6.44. The zero-order valence-electron chi connectivity index (χ0n) is 17.1. The van der Waals surface area contributed by atoms with E-state index in [4.69, 9.17) is 5.73 Å². The van der Waals surface area contributed by atoms with Crippen LogP contribution in [0.15, 0.2) is 30.3 Å². The van der Waals surface area contributed by atoms with Crippen LogP contribution in [0.2, 0.25) is 0 Å². The molecule has 2 atom stereocenters. The average molecular weight is 394 g/mol. The summed E-state index contributed by atoms with van der Waals surface area (Å²) >= 11 is 1.48. The second kappa shape index (κ2) is 12.2. The lowest BCUT2D eigenvalue weighted by Gasteiger charge is -2.29. The Morgan fingerprint density at radius 3 is 2.33 bits per heavy atom. The first-order chi connectivity index (χ1) is 12.8. The molecule has 1 aromatic rings. The van der Waals surface area contributed by atoms with Crippen LogP contribution in [0.1, 0.15) is 45.6 Å². The van der Waals surface area contributed by atoms with Crippen LogP contribution in [0.25, 0.3) is 0 Å². The summed E-state index contributed by atoms with van der Waals surface area (Å²) in [5.74, 6) is 0.354. The van der Waals surface area contributed by atoms with Crippen molar-refractivity contribution in [2.75, 3.05) is 18.6 Å². The molecular formula is C21H35N3O2S. The molecule has 0 aromatic heterocycles. The Hall–Kier alpha value is -1.37. The van der Waals surface area contributed by atoms with Gasteiger partial charge in [-0.05, 0) is 64.8 Å². The highest BCUT2D eigenvalue weighted by Crippen LogP contribution is 2.11. The molecule has 0 bridgehead atoms. The number of carbonyl (C=O) groups is 2. The summed E-state index contributed by atoms with van der Waals surface area (Å²) in [5, 5.41) is 6.40. The van der Waals surface area contributed by atoms with Gasteiger partial charge in [-0.15, -0.1) is 0 Å². The fourth-order valence-electron chi connectivity index (χ4n) is 2.90. The minimum atomic E-state index is -0.448. The number of nitrogens with one attached hydrogen (secondary N) is 2. The summed E-state index contributed by atoms with van der Waals surface area (Å²) in [6, 6.07) is 9.09. The van der Waals surface area contributed by atoms with Crippen molar-refractivity contribution in [2.24, 2.45) is 5.73 Å². The van der Waals surface area contributed by atoms with Crippen LogP contribution in [0, 0.1) is 0 Å². The van der Waals surface area contributed by atoms with E-state index in [0.29, 0.717) is 25.1 Å². The highest BCUT2D eigenvalue weighted by atomic mass is 32.2. The van der Waals surface area contributed by atoms with Crippen molar-refractivity contribution >= 4 is 23.5 Å². The van der Waals surface area contributed by atoms with Crippen molar-refractivity contribution in [3.05, 3.63) is 35.9 Å². The number of hydrogen-bond donors (Lipinski definition) is 3. The van der Waals surface area contributed by atoms with Crippen molar-refractivity contribution in [1.29, 1.82) is 0 Å². The highest BCUT2D eigenvalue weighted by Gasteiger charge is 2.27. The SMILES string of the molecule is CSCC(=O)C(CCCCN)NC(=O)C(Cc1ccccc1)NC(C)(C)C. The first-order valence-electron chi connectivity index (χ1n) is 9.60. The predicted molar refractivity (Wildman–Crippen MR) is 115 cm³/mol. The van der Waals surface area contributed by atoms with Crippen LogP contribution in [-0.4, -0.2) is 47.9 Å². The summed E-state index contributed by atoms with van der Waals surface area (Å²) < 4.78 is 0. The molecule has 0 fully saturated rings. The van der Waals surface area contributed by atoms with E-state index < -0.39 is 12.1 Å². The summed E-state index contributed by atoms with van der Waals surface area (Å²) in [7, 11) is 0. The monoisotopic (exact) mass is 393 g/mol. The van der Waals surface area contributed by atoms with Gasteiger partial charge in [0.1, 0.15) is 0 Å². The van der Waals surface area contributed by atoms with Crippen molar-refractivity contribution in [2.45, 2.75) is 64.1 Å². The number of amides is 1. The molecule has 0 saturated heterocycles. The number of ketones is 1. The van der Waals surface area contributed by atoms with E-state index in [0.717, 1.165) is 18.4 Å². The van der Waals surface area contributed by atoms with Crippen LogP contribution in [0.5, 0.6) is 0 Å². The molecule has 5 nitrogen and oxygen atoms in total. The Morgan fingerprint density at radius 1 is 1.11 bits per heavy atom. The van der Waals surface area contributed by atoms with Crippen molar-refractivity contribution in [3.8, 4) is 0 Å². The molecule has 152 valence electrons. The number of benzene rings is 1. The molecule has 0 spiro atoms. The number of unbranched alkanes of at least 4 members (excludes halogenated alkanes) is 1. The molecule has 1 aromatic carbocycles. The maximum absolute atomic E-state index is 13.0. The quantitative estimate of drug-likeness (QED) is 0.475. The fourth-order valence-corrected chi connectivity index (χ4v) is 3.39. The Labute approximate surface area is 168 Å². The third-order valence-electron chi connectivity index (χ3n) is 4.15. The van der Waals surface area contributed by atoms with Gasteiger partial charge in [-0.1, -0.05) is 30.3 Å². The molecule has 0 saturated carbocycles. The Balaban J connectivity index is 2.87. The smallest absolute Gasteiger partial charge is 0.238 e. The minimum absolute atomic E-state index is 0.0714. The lowest BCUT2D eigenvalue weighted by Crippen LogP contribution is -2.55. The first-order valence-corrected chi connectivity index (χ1v) is 11.0. The van der Waals surface area contributed by atoms with Gasteiger partial charge in [-0.3, -0.25) is 9.59 Å². The first kappa shape index (κ1) is 23.7. The van der Waals surface area contributed by atoms with Gasteiger partial charge in [0, 0.05) is 5.54 Å². The molecule has 4 N–H and O–H groups in total. The van der Waals surface area contributed by atoms with E-state index in [9.17, 15) is 9.59 Å². The van der Waals surface area contributed by atoms with Crippen molar-refractivity contribution in [3.63, 3.8) is 0 Å². The molecule has 0 heterocycles. The van der Waals surface area contributed by atoms with E-state index in [-0.39, 0.29) is 17.2 Å². The molecule has 27 heavy (non-hydrogen) atoms. The summed E-state index contributed by atoms with van der Waals surface area (Å²) in [6.45, 7) is 6.71. The zero-order valence-corrected chi connectivity index (χ0v) is 17.9. The zero-order chi connectivity index (χ0) is 20.3. The van der Waals surface area contributed by atoms with Gasteiger partial charge in [0.2, 0.25) is 5.91 Å². The van der Waals surface area contributed by atoms with Gasteiger partial charge in [0.05, 0.1) is 17.8 Å². The van der Waals surface area contributed by atoms with E-state index in [1.165, 1.54) is 11.8 Å². The Kier molecular flexibility index (Phi) is 10.7. The largest absolute Gasteiger partial charge is 0.345 e. The number of carbonyl (C=O) groups excluding carboxylic acids is 2. The van der Waals surface area contributed by atoms with Crippen LogP contribution < -0.4 is 16.4 Å². The summed E-state index contributed by atoms with van der Waals surface area (Å²) in [4.78, 5) is 25.5. The van der Waals surface area contributed by atoms with Gasteiger partial charge >= 0.3 is 0 Å². The third-order valence-corrected chi connectivity index (χ3v) is 4.72. The lowest BCUT2D eigenvalue weighted by atomic mass is 9.99. The van der Waals surface area contributed by atoms with E-state index >= 15 is 0 Å². The summed E-state index contributed by atoms with van der Waals surface area (Å²) in [6.07, 6.45) is 4.80. The lowest BCUT2D eigenvalue weighted by molar-refractivity contribution is -0.128. The van der Waals surface area contributed by atoms with Gasteiger partial charge in [0.25, 0.3) is 0 Å². The second-order valence-electron chi connectivity index (χ2n) is 7.88. The number of hydrogen-bond acceptors (Lipinski definition) is 5. The Morgan fingerprint density at radius 2 is 1.78 bits per heavy atom. The number of rotatable bonds is 12. The van der Waals surface area contributed by atoms with Crippen LogP contribution in [-0.2, 0) is 16.0 Å². The normalized spacial score (nSPS) is 13.8. The van der Waals surface area contributed by atoms with Crippen molar-refractivity contribution < 1.29 is 9.59 Å². The molecule has 0 aliphatic heterocycles. The molecule has 1 rings (SSSR count). The fraction of sp³-hybridized carbons (Fsp3) is 0.619. The maximum atomic E-state index is 13.0. The average Bonchev–Trinajstić information content (AvgIpc) is 2.60. The maximum Gasteiger partial charge on any atom is 0.238 e. The predicted octanol–water partition coefficient (Wildman–Crippen LogP) is 2.53. The molecule has 0 aliphatic carbocycles. The second-order valence-corrected chi connectivity index (χ2v) is 8.75. The van der Waals surface area contributed by atoms with Gasteiger partial charge < -0.3 is 16.4 Å². The van der Waals surface area contributed by atoms with Crippen LogP contribution in [0.4, 0.5) is 0 Å². The highest BCUT2D eigenvalue weighted by molar-refractivity contribution is 7.99. The number of thioether (sulfide) groups is 1. The van der Waals surface area contributed by atoms with Gasteiger partial charge in [0.15, 0.2) is 5.78 Å². The van der Waals surface area contributed by atoms with Crippen molar-refractivity contribution in [1.82, 2.24) is 10.6 Å². The standard InChI is InChI=1S/C21H35N3O2S/c1-21(2,3)24-18(14-16-10-6-5-7-11-16)20(26)23-17(12-8-9-13-22)19(25)15-27-4/h5-7,10-11,17-18,24H,8-9,12-15,22H2,1-4H3,(H,23,26).